The van der Waals surface area contributed by atoms with Crippen LogP contribution >= 0.6 is 15.9 Å². The van der Waals surface area contributed by atoms with E-state index >= 15 is 0 Å². The number of anilines is 1. The maximum absolute atomic E-state index is 13.3. The number of pyridine rings is 1. The van der Waals surface area contributed by atoms with Crippen LogP contribution in [0.4, 0.5) is 10.1 Å². The Kier molecular flexibility index (Phi) is 4.39. The van der Waals surface area contributed by atoms with Gasteiger partial charge in [-0.25, -0.2) is 17.8 Å². The zero-order valence-electron chi connectivity index (χ0n) is 10.6. The van der Waals surface area contributed by atoms with Crippen LogP contribution in [0.1, 0.15) is 5.56 Å². The Bertz CT molecular complexity index is 718. The first-order valence-corrected chi connectivity index (χ1v) is 8.38. The lowest BCUT2D eigenvalue weighted by atomic mass is 10.2. The van der Waals surface area contributed by atoms with Crippen molar-refractivity contribution in [3.05, 3.63) is 52.4 Å². The largest absolute Gasteiger partial charge is 0.380 e. The van der Waals surface area contributed by atoms with E-state index in [0.29, 0.717) is 16.7 Å². The highest BCUT2D eigenvalue weighted by molar-refractivity contribution is 9.10. The molecule has 0 spiro atoms. The normalized spacial score (nSPS) is 11.3. The van der Waals surface area contributed by atoms with E-state index < -0.39 is 9.84 Å². The van der Waals surface area contributed by atoms with Gasteiger partial charge in [0.1, 0.15) is 5.82 Å². The Morgan fingerprint density at radius 3 is 2.60 bits per heavy atom. The van der Waals surface area contributed by atoms with Gasteiger partial charge in [0.25, 0.3) is 0 Å². The molecular formula is C13H12BrFN2O2S. The van der Waals surface area contributed by atoms with Gasteiger partial charge in [-0.1, -0.05) is 6.07 Å². The molecular weight excluding hydrogens is 347 g/mol. The number of halogens is 2. The van der Waals surface area contributed by atoms with Gasteiger partial charge in [-0.05, 0) is 45.8 Å². The zero-order valence-corrected chi connectivity index (χ0v) is 13.0. The van der Waals surface area contributed by atoms with E-state index in [0.717, 1.165) is 11.8 Å². The van der Waals surface area contributed by atoms with E-state index in [1.54, 1.807) is 18.2 Å². The summed E-state index contributed by atoms with van der Waals surface area (Å²) in [5.74, 6) is -0.324. The molecule has 1 aromatic heterocycles. The van der Waals surface area contributed by atoms with Crippen molar-refractivity contribution >= 4 is 31.5 Å². The second-order valence-electron chi connectivity index (χ2n) is 4.26. The summed E-state index contributed by atoms with van der Waals surface area (Å²) in [5, 5.41) is 3.07. The molecule has 0 aliphatic rings. The van der Waals surface area contributed by atoms with Gasteiger partial charge < -0.3 is 5.32 Å². The Balaban J connectivity index is 2.06. The number of nitrogens with zero attached hydrogens (tertiary/aromatic N) is 1. The van der Waals surface area contributed by atoms with E-state index in [1.807, 2.05) is 0 Å². The third kappa shape index (κ3) is 3.77. The minimum atomic E-state index is -3.29. The van der Waals surface area contributed by atoms with Gasteiger partial charge in [0.2, 0.25) is 0 Å². The molecule has 1 N–H and O–H groups in total. The molecule has 0 aliphatic heterocycles. The van der Waals surface area contributed by atoms with Crippen molar-refractivity contribution in [2.45, 2.75) is 11.6 Å². The molecule has 7 heteroatoms. The Morgan fingerprint density at radius 1 is 1.30 bits per heavy atom. The second-order valence-corrected chi connectivity index (χ2v) is 7.08. The standard InChI is InChI=1S/C13H12BrFN2O2S/c1-20(18,19)13-5-3-10(8-17-13)16-7-9-2-4-11(14)12(15)6-9/h2-6,8,16H,7H2,1H3. The topological polar surface area (TPSA) is 59.1 Å². The smallest absolute Gasteiger partial charge is 0.192 e. The van der Waals surface area contributed by atoms with Crippen LogP contribution in [0.3, 0.4) is 0 Å². The monoisotopic (exact) mass is 358 g/mol. The lowest BCUT2D eigenvalue weighted by molar-refractivity contribution is 0.598. The van der Waals surface area contributed by atoms with E-state index in [2.05, 4.69) is 26.2 Å². The summed E-state index contributed by atoms with van der Waals surface area (Å²) in [6, 6.07) is 7.91. The van der Waals surface area contributed by atoms with Gasteiger partial charge in [0, 0.05) is 12.8 Å². The summed E-state index contributed by atoms with van der Waals surface area (Å²) in [7, 11) is -3.29. The van der Waals surface area contributed by atoms with Crippen molar-refractivity contribution in [2.75, 3.05) is 11.6 Å². The van der Waals surface area contributed by atoms with E-state index in [4.69, 9.17) is 0 Å². The molecule has 106 valence electrons. The average molecular weight is 359 g/mol. The predicted octanol–water partition coefficient (Wildman–Crippen LogP) is 3.00. The third-order valence-electron chi connectivity index (χ3n) is 2.60. The minimum absolute atomic E-state index is 0.0257. The fourth-order valence-electron chi connectivity index (χ4n) is 1.56. The fourth-order valence-corrected chi connectivity index (χ4v) is 2.36. The predicted molar refractivity (Wildman–Crippen MR) is 78.8 cm³/mol. The van der Waals surface area contributed by atoms with Gasteiger partial charge in [0.15, 0.2) is 14.9 Å². The second kappa shape index (κ2) is 5.88. The van der Waals surface area contributed by atoms with Crippen LogP contribution in [-0.4, -0.2) is 19.7 Å². The highest BCUT2D eigenvalue weighted by atomic mass is 79.9. The van der Waals surface area contributed by atoms with Crippen LogP contribution in [0.15, 0.2) is 46.0 Å². The molecule has 0 unspecified atom stereocenters. The summed E-state index contributed by atoms with van der Waals surface area (Å²) in [4.78, 5) is 3.86. The number of sulfone groups is 1. The lowest BCUT2D eigenvalue weighted by Gasteiger charge is -2.07. The fraction of sp³-hybridized carbons (Fsp3) is 0.154. The number of hydrogen-bond acceptors (Lipinski definition) is 4. The summed E-state index contributed by atoms with van der Waals surface area (Å²) < 4.78 is 36.3. The molecule has 0 saturated heterocycles. The van der Waals surface area contributed by atoms with Gasteiger partial charge in [-0.3, -0.25) is 0 Å². The van der Waals surface area contributed by atoms with Crippen LogP contribution in [0.2, 0.25) is 0 Å². The van der Waals surface area contributed by atoms with Crippen LogP contribution < -0.4 is 5.32 Å². The van der Waals surface area contributed by atoms with Crippen molar-refractivity contribution in [1.29, 1.82) is 0 Å². The Labute approximate surface area is 125 Å². The van der Waals surface area contributed by atoms with Crippen molar-refractivity contribution in [2.24, 2.45) is 0 Å². The van der Waals surface area contributed by atoms with Gasteiger partial charge >= 0.3 is 0 Å². The van der Waals surface area contributed by atoms with E-state index in [9.17, 15) is 12.8 Å². The molecule has 20 heavy (non-hydrogen) atoms. The number of hydrogen-bond donors (Lipinski definition) is 1. The molecule has 0 aliphatic carbocycles. The maximum atomic E-state index is 13.3. The molecule has 0 bridgehead atoms. The quantitative estimate of drug-likeness (QED) is 0.912. The third-order valence-corrected chi connectivity index (χ3v) is 4.24. The van der Waals surface area contributed by atoms with E-state index in [1.165, 1.54) is 18.3 Å². The molecule has 0 amide bonds. The first kappa shape index (κ1) is 14.9. The lowest BCUT2D eigenvalue weighted by Crippen LogP contribution is -2.03. The highest BCUT2D eigenvalue weighted by Crippen LogP contribution is 2.17. The molecule has 0 atom stereocenters. The summed E-state index contributed by atoms with van der Waals surface area (Å²) >= 11 is 3.09. The maximum Gasteiger partial charge on any atom is 0.192 e. The van der Waals surface area contributed by atoms with Crippen LogP contribution in [0.25, 0.3) is 0 Å². The molecule has 0 saturated carbocycles. The van der Waals surface area contributed by atoms with Gasteiger partial charge in [0.05, 0.1) is 16.4 Å². The SMILES string of the molecule is CS(=O)(=O)c1ccc(NCc2ccc(Br)c(F)c2)cn1. The highest BCUT2D eigenvalue weighted by Gasteiger charge is 2.08. The average Bonchev–Trinajstić information content (AvgIpc) is 2.40. The molecule has 4 nitrogen and oxygen atoms in total. The van der Waals surface area contributed by atoms with Crippen LogP contribution in [0.5, 0.6) is 0 Å². The van der Waals surface area contributed by atoms with Crippen molar-refractivity contribution < 1.29 is 12.8 Å². The number of rotatable bonds is 4. The first-order valence-electron chi connectivity index (χ1n) is 5.70. The molecule has 1 aromatic carbocycles. The van der Waals surface area contributed by atoms with Crippen LogP contribution in [-0.2, 0) is 16.4 Å². The van der Waals surface area contributed by atoms with Crippen LogP contribution in [0, 0.1) is 5.82 Å². The number of nitrogens with one attached hydrogen (secondary N) is 1. The van der Waals surface area contributed by atoms with Crippen molar-refractivity contribution in [1.82, 2.24) is 4.98 Å². The number of aromatic nitrogens is 1. The van der Waals surface area contributed by atoms with Gasteiger partial charge in [-0.15, -0.1) is 0 Å². The molecule has 2 aromatic rings. The Hall–Kier alpha value is -1.47. The van der Waals surface area contributed by atoms with Crippen molar-refractivity contribution in [3.63, 3.8) is 0 Å². The van der Waals surface area contributed by atoms with Crippen molar-refractivity contribution in [3.8, 4) is 0 Å². The first-order chi connectivity index (χ1) is 9.36. The van der Waals surface area contributed by atoms with Gasteiger partial charge in [-0.2, -0.15) is 0 Å². The number of benzene rings is 1. The van der Waals surface area contributed by atoms with E-state index in [-0.39, 0.29) is 10.8 Å². The summed E-state index contributed by atoms with van der Waals surface area (Å²) in [6.07, 6.45) is 2.54. The molecule has 0 radical (unpaired) electrons. The molecule has 0 fully saturated rings. The molecule has 2 rings (SSSR count). The summed E-state index contributed by atoms with van der Waals surface area (Å²) in [6.45, 7) is 0.421. The molecule has 1 heterocycles. The minimum Gasteiger partial charge on any atom is -0.380 e. The zero-order chi connectivity index (χ0) is 14.8. The Morgan fingerprint density at radius 2 is 2.05 bits per heavy atom. The summed E-state index contributed by atoms with van der Waals surface area (Å²) in [5.41, 5.74) is 1.44.